The summed E-state index contributed by atoms with van der Waals surface area (Å²) in [7, 11) is 0. The number of aromatic nitrogens is 1. The number of rotatable bonds is 2. The lowest BCUT2D eigenvalue weighted by molar-refractivity contribution is 0.102. The number of carbonyl (C=O) groups is 1. The van der Waals surface area contributed by atoms with Crippen LogP contribution in [0.2, 0.25) is 0 Å². The first-order valence-corrected chi connectivity index (χ1v) is 6.29. The van der Waals surface area contributed by atoms with Gasteiger partial charge in [-0.1, -0.05) is 5.16 Å². The van der Waals surface area contributed by atoms with Crippen molar-refractivity contribution in [2.24, 2.45) is 0 Å². The SMILES string of the molecule is Cc1noc(NC(=O)c2cc(I)ccc2O)c1C. The van der Waals surface area contributed by atoms with E-state index in [0.717, 1.165) is 14.8 Å². The predicted molar refractivity (Wildman–Crippen MR) is 74.8 cm³/mol. The number of hydrogen-bond donors (Lipinski definition) is 2. The molecule has 94 valence electrons. The standard InChI is InChI=1S/C12H11IN2O3/c1-6-7(2)15-18-12(6)14-11(17)9-5-8(13)3-4-10(9)16/h3-5,16H,1-2H3,(H,14,17). The molecule has 0 aliphatic heterocycles. The van der Waals surface area contributed by atoms with Crippen molar-refractivity contribution in [1.82, 2.24) is 5.16 Å². The molecule has 0 saturated heterocycles. The van der Waals surface area contributed by atoms with Crippen LogP contribution >= 0.6 is 22.6 Å². The average Bonchev–Trinajstić information content (AvgIpc) is 2.64. The first-order chi connectivity index (χ1) is 8.49. The fourth-order valence-corrected chi connectivity index (χ4v) is 1.88. The predicted octanol–water partition coefficient (Wildman–Crippen LogP) is 2.85. The minimum Gasteiger partial charge on any atom is -0.507 e. The van der Waals surface area contributed by atoms with Crippen LogP contribution in [0.15, 0.2) is 22.7 Å². The van der Waals surface area contributed by atoms with Crippen molar-refractivity contribution in [3.8, 4) is 5.75 Å². The zero-order valence-electron chi connectivity index (χ0n) is 9.82. The lowest BCUT2D eigenvalue weighted by atomic mass is 10.2. The molecule has 5 nitrogen and oxygen atoms in total. The highest BCUT2D eigenvalue weighted by Crippen LogP contribution is 2.23. The smallest absolute Gasteiger partial charge is 0.261 e. The van der Waals surface area contributed by atoms with Crippen molar-refractivity contribution in [1.29, 1.82) is 0 Å². The summed E-state index contributed by atoms with van der Waals surface area (Å²) in [4.78, 5) is 12.0. The van der Waals surface area contributed by atoms with Crippen LogP contribution in [0.3, 0.4) is 0 Å². The van der Waals surface area contributed by atoms with Gasteiger partial charge in [0.1, 0.15) is 5.75 Å². The molecule has 2 rings (SSSR count). The second-order valence-electron chi connectivity index (χ2n) is 3.84. The topological polar surface area (TPSA) is 75.4 Å². The van der Waals surface area contributed by atoms with Crippen molar-refractivity contribution in [3.05, 3.63) is 38.6 Å². The number of halogens is 1. The zero-order chi connectivity index (χ0) is 13.3. The number of nitrogens with zero attached hydrogens (tertiary/aromatic N) is 1. The van der Waals surface area contributed by atoms with E-state index in [0.29, 0.717) is 5.88 Å². The molecule has 1 amide bonds. The number of aromatic hydroxyl groups is 1. The molecule has 0 saturated carbocycles. The summed E-state index contributed by atoms with van der Waals surface area (Å²) < 4.78 is 5.85. The van der Waals surface area contributed by atoms with Crippen molar-refractivity contribution in [2.75, 3.05) is 5.32 Å². The maximum Gasteiger partial charge on any atom is 0.261 e. The van der Waals surface area contributed by atoms with Crippen LogP contribution in [-0.2, 0) is 0 Å². The van der Waals surface area contributed by atoms with E-state index in [1.165, 1.54) is 6.07 Å². The van der Waals surface area contributed by atoms with Crippen LogP contribution in [-0.4, -0.2) is 16.2 Å². The number of benzene rings is 1. The van der Waals surface area contributed by atoms with E-state index in [1.54, 1.807) is 26.0 Å². The second-order valence-corrected chi connectivity index (χ2v) is 5.08. The van der Waals surface area contributed by atoms with E-state index in [4.69, 9.17) is 4.52 Å². The van der Waals surface area contributed by atoms with Gasteiger partial charge in [-0.3, -0.25) is 10.1 Å². The van der Waals surface area contributed by atoms with Crippen molar-refractivity contribution >= 4 is 34.4 Å². The summed E-state index contributed by atoms with van der Waals surface area (Å²) in [6.45, 7) is 3.59. The molecule has 0 aliphatic rings. The van der Waals surface area contributed by atoms with Gasteiger partial charge < -0.3 is 9.63 Å². The summed E-state index contributed by atoms with van der Waals surface area (Å²) in [6.07, 6.45) is 0. The monoisotopic (exact) mass is 358 g/mol. The van der Waals surface area contributed by atoms with Crippen LogP contribution in [0.4, 0.5) is 5.88 Å². The Bertz CT molecular complexity index is 607. The van der Waals surface area contributed by atoms with Gasteiger partial charge in [-0.2, -0.15) is 0 Å². The molecule has 0 radical (unpaired) electrons. The van der Waals surface area contributed by atoms with Crippen molar-refractivity contribution in [2.45, 2.75) is 13.8 Å². The summed E-state index contributed by atoms with van der Waals surface area (Å²) in [5.41, 5.74) is 1.70. The van der Waals surface area contributed by atoms with E-state index >= 15 is 0 Å². The second kappa shape index (κ2) is 4.97. The molecule has 0 aliphatic carbocycles. The molecule has 0 atom stereocenters. The maximum absolute atomic E-state index is 12.0. The Morgan fingerprint density at radius 2 is 2.17 bits per heavy atom. The van der Waals surface area contributed by atoms with Crippen LogP contribution in [0, 0.1) is 17.4 Å². The third-order valence-corrected chi connectivity index (χ3v) is 3.26. The number of phenolic OH excluding ortho intramolecular Hbond substituents is 1. The number of carbonyl (C=O) groups excluding carboxylic acids is 1. The van der Waals surface area contributed by atoms with Gasteiger partial charge in [0.05, 0.1) is 11.3 Å². The Balaban J connectivity index is 2.27. The van der Waals surface area contributed by atoms with E-state index in [-0.39, 0.29) is 11.3 Å². The van der Waals surface area contributed by atoms with E-state index in [1.807, 2.05) is 0 Å². The zero-order valence-corrected chi connectivity index (χ0v) is 12.0. The number of amides is 1. The minimum absolute atomic E-state index is 0.0678. The molecule has 1 aromatic heterocycles. The molecule has 2 aromatic rings. The minimum atomic E-state index is -0.426. The highest BCUT2D eigenvalue weighted by Gasteiger charge is 2.16. The number of phenols is 1. The third kappa shape index (κ3) is 2.47. The Labute approximate surface area is 117 Å². The maximum atomic E-state index is 12.0. The molecule has 6 heteroatoms. The molecule has 0 bridgehead atoms. The Kier molecular flexibility index (Phi) is 3.55. The number of nitrogens with one attached hydrogen (secondary N) is 1. The lowest BCUT2D eigenvalue weighted by Crippen LogP contribution is -2.12. The van der Waals surface area contributed by atoms with Gasteiger partial charge in [0, 0.05) is 9.13 Å². The van der Waals surface area contributed by atoms with Crippen LogP contribution in [0.25, 0.3) is 0 Å². The Morgan fingerprint density at radius 1 is 1.44 bits per heavy atom. The van der Waals surface area contributed by atoms with Gasteiger partial charge in [0.25, 0.3) is 5.91 Å². The van der Waals surface area contributed by atoms with Gasteiger partial charge >= 0.3 is 0 Å². The third-order valence-electron chi connectivity index (χ3n) is 2.59. The fourth-order valence-electron chi connectivity index (χ4n) is 1.39. The molecular formula is C12H11IN2O3. The van der Waals surface area contributed by atoms with Crippen LogP contribution < -0.4 is 5.32 Å². The van der Waals surface area contributed by atoms with Crippen molar-refractivity contribution < 1.29 is 14.4 Å². The van der Waals surface area contributed by atoms with E-state index in [2.05, 4.69) is 33.1 Å². The largest absolute Gasteiger partial charge is 0.507 e. The number of aryl methyl sites for hydroxylation is 1. The van der Waals surface area contributed by atoms with E-state index < -0.39 is 5.91 Å². The van der Waals surface area contributed by atoms with Gasteiger partial charge in [0.15, 0.2) is 0 Å². The molecule has 0 unspecified atom stereocenters. The summed E-state index contributed by atoms with van der Waals surface area (Å²) >= 11 is 2.07. The number of hydrogen-bond acceptors (Lipinski definition) is 4. The fraction of sp³-hybridized carbons (Fsp3) is 0.167. The summed E-state index contributed by atoms with van der Waals surface area (Å²) in [5.74, 6) is -0.192. The van der Waals surface area contributed by atoms with E-state index in [9.17, 15) is 9.90 Å². The Hall–Kier alpha value is -1.57. The van der Waals surface area contributed by atoms with Gasteiger partial charge in [0.2, 0.25) is 5.88 Å². The summed E-state index contributed by atoms with van der Waals surface area (Å²) in [5, 5.41) is 16.0. The molecule has 0 fully saturated rings. The van der Waals surface area contributed by atoms with Gasteiger partial charge in [-0.15, -0.1) is 0 Å². The number of anilines is 1. The molecule has 1 aromatic carbocycles. The highest BCUT2D eigenvalue weighted by molar-refractivity contribution is 14.1. The van der Waals surface area contributed by atoms with Crippen LogP contribution in [0.1, 0.15) is 21.6 Å². The first kappa shape index (κ1) is 12.9. The van der Waals surface area contributed by atoms with Crippen LogP contribution in [0.5, 0.6) is 5.75 Å². The van der Waals surface area contributed by atoms with Gasteiger partial charge in [-0.05, 0) is 54.6 Å². The lowest BCUT2D eigenvalue weighted by Gasteiger charge is -2.05. The molecule has 1 heterocycles. The highest BCUT2D eigenvalue weighted by atomic mass is 127. The normalized spacial score (nSPS) is 10.4. The molecule has 2 N–H and O–H groups in total. The Morgan fingerprint density at radius 3 is 2.78 bits per heavy atom. The average molecular weight is 358 g/mol. The molecular weight excluding hydrogens is 347 g/mol. The first-order valence-electron chi connectivity index (χ1n) is 5.22. The summed E-state index contributed by atoms with van der Waals surface area (Å²) in [6, 6.07) is 4.80. The van der Waals surface area contributed by atoms with Gasteiger partial charge in [-0.25, -0.2) is 0 Å². The molecule has 0 spiro atoms. The van der Waals surface area contributed by atoms with Crippen molar-refractivity contribution in [3.63, 3.8) is 0 Å². The quantitative estimate of drug-likeness (QED) is 0.810. The molecule has 18 heavy (non-hydrogen) atoms.